The van der Waals surface area contributed by atoms with Crippen molar-refractivity contribution in [3.8, 4) is 0 Å². The van der Waals surface area contributed by atoms with Gasteiger partial charge in [-0.2, -0.15) is 0 Å². The molecule has 0 N–H and O–H groups in total. The summed E-state index contributed by atoms with van der Waals surface area (Å²) < 4.78 is 2.46. The molecule has 1 aliphatic heterocycles. The van der Waals surface area contributed by atoms with Crippen molar-refractivity contribution in [2.45, 2.75) is 19.9 Å². The molecule has 1 aromatic carbocycles. The zero-order chi connectivity index (χ0) is 16.6. The van der Waals surface area contributed by atoms with Crippen molar-refractivity contribution in [1.29, 1.82) is 0 Å². The highest BCUT2D eigenvalue weighted by atomic mass is 32.1. The largest absolute Gasteiger partial charge is 0.339 e. The number of piperazine rings is 1. The number of thiazole rings is 1. The van der Waals surface area contributed by atoms with Crippen molar-refractivity contribution in [2.75, 3.05) is 26.2 Å². The fourth-order valence-electron chi connectivity index (χ4n) is 2.97. The standard InChI is InChI=1S/C16H19N3O3S/c1-11(15(21)18-9-7-17(8-10-18)12(2)20)19-13-5-3-4-6-14(13)23-16(19)22/h3-6,11H,7-10H2,1-2H3/t11-/m1/s1. The molecule has 2 aromatic rings. The van der Waals surface area contributed by atoms with E-state index in [-0.39, 0.29) is 16.7 Å². The van der Waals surface area contributed by atoms with E-state index in [0.717, 1.165) is 21.6 Å². The summed E-state index contributed by atoms with van der Waals surface area (Å²) in [6.45, 7) is 5.43. The number of hydrogen-bond acceptors (Lipinski definition) is 4. The summed E-state index contributed by atoms with van der Waals surface area (Å²) in [5.41, 5.74) is 0.797. The number of hydrogen-bond donors (Lipinski definition) is 0. The molecule has 2 amide bonds. The van der Waals surface area contributed by atoms with Crippen molar-refractivity contribution < 1.29 is 9.59 Å². The van der Waals surface area contributed by atoms with E-state index >= 15 is 0 Å². The van der Waals surface area contributed by atoms with Crippen LogP contribution in [0.2, 0.25) is 0 Å². The van der Waals surface area contributed by atoms with Gasteiger partial charge in [-0.05, 0) is 19.1 Å². The number of fused-ring (bicyclic) bond motifs is 1. The molecular weight excluding hydrogens is 314 g/mol. The maximum absolute atomic E-state index is 12.7. The Hall–Kier alpha value is -2.15. The van der Waals surface area contributed by atoms with Gasteiger partial charge in [0.1, 0.15) is 6.04 Å². The normalized spacial score (nSPS) is 16.6. The lowest BCUT2D eigenvalue weighted by Gasteiger charge is -2.35. The van der Waals surface area contributed by atoms with Crippen LogP contribution in [0.4, 0.5) is 0 Å². The third kappa shape index (κ3) is 2.88. The van der Waals surface area contributed by atoms with E-state index in [1.54, 1.807) is 21.3 Å². The van der Waals surface area contributed by atoms with E-state index in [1.165, 1.54) is 6.92 Å². The Kier molecular flexibility index (Phi) is 4.21. The summed E-state index contributed by atoms with van der Waals surface area (Å²) in [7, 11) is 0. The van der Waals surface area contributed by atoms with Gasteiger partial charge in [0.15, 0.2) is 0 Å². The topological polar surface area (TPSA) is 62.6 Å². The first-order valence-corrected chi connectivity index (χ1v) is 8.45. The number of carbonyl (C=O) groups excluding carboxylic acids is 2. The molecule has 0 bridgehead atoms. The van der Waals surface area contributed by atoms with Gasteiger partial charge in [0.05, 0.1) is 10.2 Å². The number of benzene rings is 1. The van der Waals surface area contributed by atoms with Gasteiger partial charge in [0.25, 0.3) is 0 Å². The first kappa shape index (κ1) is 15.7. The van der Waals surface area contributed by atoms with E-state index in [4.69, 9.17) is 0 Å². The number of para-hydroxylation sites is 1. The van der Waals surface area contributed by atoms with Crippen molar-refractivity contribution in [3.63, 3.8) is 0 Å². The number of aromatic nitrogens is 1. The fourth-order valence-corrected chi connectivity index (χ4v) is 3.93. The van der Waals surface area contributed by atoms with E-state index in [2.05, 4.69) is 0 Å². The molecule has 7 heteroatoms. The van der Waals surface area contributed by atoms with Crippen molar-refractivity contribution in [1.82, 2.24) is 14.4 Å². The Labute approximate surface area is 137 Å². The highest BCUT2D eigenvalue weighted by Gasteiger charge is 2.28. The van der Waals surface area contributed by atoms with Crippen LogP contribution in [0.5, 0.6) is 0 Å². The molecule has 1 fully saturated rings. The Balaban J connectivity index is 1.81. The van der Waals surface area contributed by atoms with E-state index in [0.29, 0.717) is 26.2 Å². The average molecular weight is 333 g/mol. The second-order valence-corrected chi connectivity index (χ2v) is 6.71. The summed E-state index contributed by atoms with van der Waals surface area (Å²) in [4.78, 5) is 39.7. The molecule has 23 heavy (non-hydrogen) atoms. The predicted molar refractivity (Wildman–Crippen MR) is 89.6 cm³/mol. The monoisotopic (exact) mass is 333 g/mol. The molecule has 0 unspecified atom stereocenters. The zero-order valence-corrected chi connectivity index (χ0v) is 14.0. The van der Waals surface area contributed by atoms with Crippen LogP contribution in [0.3, 0.4) is 0 Å². The van der Waals surface area contributed by atoms with Crippen LogP contribution < -0.4 is 4.87 Å². The van der Waals surface area contributed by atoms with Gasteiger partial charge in [0, 0.05) is 33.1 Å². The molecular formula is C16H19N3O3S. The molecule has 0 saturated carbocycles. The number of rotatable bonds is 2. The molecule has 1 aliphatic rings. The lowest BCUT2D eigenvalue weighted by atomic mass is 10.2. The quantitative estimate of drug-likeness (QED) is 0.832. The summed E-state index contributed by atoms with van der Waals surface area (Å²) in [6, 6.07) is 6.97. The van der Waals surface area contributed by atoms with Gasteiger partial charge in [-0.3, -0.25) is 19.0 Å². The second kappa shape index (κ2) is 6.16. The minimum Gasteiger partial charge on any atom is -0.339 e. The van der Waals surface area contributed by atoms with Gasteiger partial charge in [-0.1, -0.05) is 23.5 Å². The molecule has 0 aliphatic carbocycles. The molecule has 1 aromatic heterocycles. The molecule has 1 saturated heterocycles. The van der Waals surface area contributed by atoms with E-state index < -0.39 is 6.04 Å². The zero-order valence-electron chi connectivity index (χ0n) is 13.2. The average Bonchev–Trinajstić information content (AvgIpc) is 2.89. The van der Waals surface area contributed by atoms with Gasteiger partial charge in [-0.25, -0.2) is 0 Å². The lowest BCUT2D eigenvalue weighted by Crippen LogP contribution is -2.51. The first-order valence-electron chi connectivity index (χ1n) is 7.63. The Morgan fingerprint density at radius 1 is 1.09 bits per heavy atom. The van der Waals surface area contributed by atoms with Gasteiger partial charge in [0.2, 0.25) is 11.8 Å². The van der Waals surface area contributed by atoms with Gasteiger partial charge < -0.3 is 9.80 Å². The van der Waals surface area contributed by atoms with Crippen LogP contribution >= 0.6 is 11.3 Å². The minimum absolute atomic E-state index is 0.0326. The highest BCUT2D eigenvalue weighted by molar-refractivity contribution is 7.16. The maximum atomic E-state index is 12.7. The number of nitrogens with zero attached hydrogens (tertiary/aromatic N) is 3. The third-order valence-corrected chi connectivity index (χ3v) is 5.24. The third-order valence-electron chi connectivity index (χ3n) is 4.30. The van der Waals surface area contributed by atoms with E-state index in [1.807, 2.05) is 24.3 Å². The second-order valence-electron chi connectivity index (χ2n) is 5.71. The van der Waals surface area contributed by atoms with Crippen LogP contribution in [0.1, 0.15) is 19.9 Å². The van der Waals surface area contributed by atoms with Crippen LogP contribution in [0.25, 0.3) is 10.2 Å². The fraction of sp³-hybridized carbons (Fsp3) is 0.438. The highest BCUT2D eigenvalue weighted by Crippen LogP contribution is 2.21. The van der Waals surface area contributed by atoms with Gasteiger partial charge in [-0.15, -0.1) is 0 Å². The Morgan fingerprint density at radius 3 is 2.35 bits per heavy atom. The summed E-state index contributed by atoms with van der Waals surface area (Å²) in [5, 5.41) is 0. The summed E-state index contributed by atoms with van der Waals surface area (Å²) in [6.07, 6.45) is 0. The molecule has 1 atom stereocenters. The SMILES string of the molecule is CC(=O)N1CCN(C(=O)[C@@H](C)n2c(=O)sc3ccccc32)CC1. The molecule has 2 heterocycles. The maximum Gasteiger partial charge on any atom is 0.308 e. The van der Waals surface area contributed by atoms with Crippen molar-refractivity contribution >= 4 is 33.4 Å². The van der Waals surface area contributed by atoms with Gasteiger partial charge >= 0.3 is 4.87 Å². The molecule has 6 nitrogen and oxygen atoms in total. The minimum atomic E-state index is -0.539. The lowest BCUT2D eigenvalue weighted by molar-refractivity contribution is -0.140. The summed E-state index contributed by atoms with van der Waals surface area (Å²) in [5.74, 6) is -0.0379. The predicted octanol–water partition coefficient (Wildman–Crippen LogP) is 1.31. The smallest absolute Gasteiger partial charge is 0.308 e. The Bertz CT molecular complexity index is 802. The Morgan fingerprint density at radius 2 is 1.70 bits per heavy atom. The molecule has 0 spiro atoms. The van der Waals surface area contributed by atoms with Crippen molar-refractivity contribution in [3.05, 3.63) is 33.9 Å². The van der Waals surface area contributed by atoms with Crippen LogP contribution in [-0.4, -0.2) is 52.4 Å². The molecule has 0 radical (unpaired) electrons. The number of amides is 2. The van der Waals surface area contributed by atoms with E-state index in [9.17, 15) is 14.4 Å². The van der Waals surface area contributed by atoms with Crippen LogP contribution in [0.15, 0.2) is 29.1 Å². The number of carbonyl (C=O) groups is 2. The first-order chi connectivity index (χ1) is 11.0. The molecule has 3 rings (SSSR count). The van der Waals surface area contributed by atoms with Crippen LogP contribution in [0, 0.1) is 0 Å². The molecule has 122 valence electrons. The van der Waals surface area contributed by atoms with Crippen molar-refractivity contribution in [2.24, 2.45) is 0 Å². The summed E-state index contributed by atoms with van der Waals surface area (Å²) >= 11 is 1.16. The van der Waals surface area contributed by atoms with Crippen LogP contribution in [-0.2, 0) is 9.59 Å².